The SMILES string of the molecule is COCC(C)N(C)c1ccc([C@H](C)O)cc1F. The zero-order valence-corrected chi connectivity index (χ0v) is 10.8. The largest absolute Gasteiger partial charge is 0.389 e. The molecule has 1 N–H and O–H groups in total. The number of hydrogen-bond donors (Lipinski definition) is 1. The van der Waals surface area contributed by atoms with Crippen LogP contribution in [0.2, 0.25) is 0 Å². The summed E-state index contributed by atoms with van der Waals surface area (Å²) < 4.78 is 18.9. The lowest BCUT2D eigenvalue weighted by Crippen LogP contribution is -2.33. The zero-order valence-electron chi connectivity index (χ0n) is 10.8. The van der Waals surface area contributed by atoms with Gasteiger partial charge in [0.25, 0.3) is 0 Å². The van der Waals surface area contributed by atoms with Crippen LogP contribution < -0.4 is 4.90 Å². The van der Waals surface area contributed by atoms with Gasteiger partial charge in [-0.05, 0) is 31.5 Å². The van der Waals surface area contributed by atoms with Gasteiger partial charge in [-0.15, -0.1) is 0 Å². The Bertz CT molecular complexity index is 368. The first-order valence-electron chi connectivity index (χ1n) is 5.66. The number of methoxy groups -OCH3 is 1. The number of ether oxygens (including phenoxy) is 1. The molecule has 1 unspecified atom stereocenters. The molecule has 1 rings (SSSR count). The third kappa shape index (κ3) is 3.41. The van der Waals surface area contributed by atoms with Gasteiger partial charge in [0.1, 0.15) is 5.82 Å². The molecule has 17 heavy (non-hydrogen) atoms. The second-order valence-corrected chi connectivity index (χ2v) is 4.30. The molecule has 0 radical (unpaired) electrons. The van der Waals surface area contributed by atoms with E-state index in [4.69, 9.17) is 4.74 Å². The molecule has 0 spiro atoms. The van der Waals surface area contributed by atoms with E-state index in [9.17, 15) is 9.50 Å². The number of aliphatic hydroxyl groups is 1. The Morgan fingerprint density at radius 1 is 1.41 bits per heavy atom. The summed E-state index contributed by atoms with van der Waals surface area (Å²) in [6, 6.07) is 4.88. The number of nitrogens with zero attached hydrogens (tertiary/aromatic N) is 1. The monoisotopic (exact) mass is 241 g/mol. The van der Waals surface area contributed by atoms with Gasteiger partial charge in [-0.1, -0.05) is 6.07 Å². The van der Waals surface area contributed by atoms with Crippen molar-refractivity contribution in [1.29, 1.82) is 0 Å². The van der Waals surface area contributed by atoms with Gasteiger partial charge in [-0.3, -0.25) is 0 Å². The molecule has 1 aromatic carbocycles. The number of halogens is 1. The minimum atomic E-state index is -0.653. The van der Waals surface area contributed by atoms with Crippen LogP contribution in [-0.4, -0.2) is 31.9 Å². The molecular formula is C13H20FNO2. The molecule has 0 saturated heterocycles. The lowest BCUT2D eigenvalue weighted by Gasteiger charge is -2.27. The first kappa shape index (κ1) is 13.9. The van der Waals surface area contributed by atoms with E-state index in [1.165, 1.54) is 6.07 Å². The molecule has 3 nitrogen and oxygen atoms in total. The van der Waals surface area contributed by atoms with E-state index < -0.39 is 6.10 Å². The van der Waals surface area contributed by atoms with Gasteiger partial charge < -0.3 is 14.7 Å². The topological polar surface area (TPSA) is 32.7 Å². The first-order valence-corrected chi connectivity index (χ1v) is 5.66. The minimum absolute atomic E-state index is 0.0897. The highest BCUT2D eigenvalue weighted by atomic mass is 19.1. The zero-order chi connectivity index (χ0) is 13.0. The van der Waals surface area contributed by atoms with Crippen LogP contribution in [-0.2, 0) is 4.74 Å². The Morgan fingerprint density at radius 3 is 2.53 bits per heavy atom. The maximum atomic E-state index is 13.9. The number of likely N-dealkylation sites (N-methyl/N-ethyl adjacent to an activating group) is 1. The Hall–Kier alpha value is -1.13. The lowest BCUT2D eigenvalue weighted by atomic mass is 10.1. The summed E-state index contributed by atoms with van der Waals surface area (Å²) in [6.45, 7) is 4.12. The van der Waals surface area contributed by atoms with Gasteiger partial charge in [-0.25, -0.2) is 4.39 Å². The molecule has 0 fully saturated rings. The summed E-state index contributed by atoms with van der Waals surface area (Å²) in [7, 11) is 3.45. The quantitative estimate of drug-likeness (QED) is 0.859. The Morgan fingerprint density at radius 2 is 2.06 bits per heavy atom. The summed E-state index contributed by atoms with van der Waals surface area (Å²) in [5.74, 6) is -0.325. The highest BCUT2D eigenvalue weighted by Crippen LogP contribution is 2.23. The highest BCUT2D eigenvalue weighted by molar-refractivity contribution is 5.49. The molecule has 0 saturated carbocycles. The molecular weight excluding hydrogens is 221 g/mol. The lowest BCUT2D eigenvalue weighted by molar-refractivity contribution is 0.183. The van der Waals surface area contributed by atoms with Crippen molar-refractivity contribution in [3.63, 3.8) is 0 Å². The van der Waals surface area contributed by atoms with Gasteiger partial charge >= 0.3 is 0 Å². The van der Waals surface area contributed by atoms with Crippen molar-refractivity contribution in [3.8, 4) is 0 Å². The fourth-order valence-electron chi connectivity index (χ4n) is 1.66. The molecule has 0 aliphatic carbocycles. The normalized spacial score (nSPS) is 14.5. The number of rotatable bonds is 5. The number of anilines is 1. The first-order chi connectivity index (χ1) is 7.97. The average molecular weight is 241 g/mol. The van der Waals surface area contributed by atoms with Crippen LogP contribution in [0, 0.1) is 5.82 Å². The molecule has 96 valence electrons. The molecule has 0 aliphatic heterocycles. The summed E-state index contributed by atoms with van der Waals surface area (Å²) in [5.41, 5.74) is 1.10. The smallest absolute Gasteiger partial charge is 0.146 e. The van der Waals surface area contributed by atoms with Crippen LogP contribution in [0.25, 0.3) is 0 Å². The summed E-state index contributed by atoms with van der Waals surface area (Å²) >= 11 is 0. The van der Waals surface area contributed by atoms with E-state index in [1.807, 2.05) is 18.9 Å². The van der Waals surface area contributed by atoms with Gasteiger partial charge in [0.05, 0.1) is 18.4 Å². The number of hydrogen-bond acceptors (Lipinski definition) is 3. The van der Waals surface area contributed by atoms with Crippen LogP contribution >= 0.6 is 0 Å². The molecule has 0 amide bonds. The summed E-state index contributed by atoms with van der Waals surface area (Å²) in [6.07, 6.45) is -0.653. The van der Waals surface area contributed by atoms with Crippen molar-refractivity contribution in [2.75, 3.05) is 25.7 Å². The van der Waals surface area contributed by atoms with E-state index in [0.29, 0.717) is 17.9 Å². The highest BCUT2D eigenvalue weighted by Gasteiger charge is 2.14. The van der Waals surface area contributed by atoms with Gasteiger partial charge in [0.2, 0.25) is 0 Å². The van der Waals surface area contributed by atoms with E-state index in [2.05, 4.69) is 0 Å². The summed E-state index contributed by atoms with van der Waals surface area (Å²) in [5, 5.41) is 9.37. The standard InChI is InChI=1S/C13H20FNO2/c1-9(8-17-4)15(3)13-6-5-11(10(2)16)7-12(13)14/h5-7,9-10,16H,8H2,1-4H3/t9?,10-/m0/s1. The Balaban J connectivity index is 2.91. The van der Waals surface area contributed by atoms with Crippen LogP contribution in [0.15, 0.2) is 18.2 Å². The second kappa shape index (κ2) is 5.98. The average Bonchev–Trinajstić information content (AvgIpc) is 2.28. The van der Waals surface area contributed by atoms with E-state index in [1.54, 1.807) is 26.2 Å². The van der Waals surface area contributed by atoms with Gasteiger partial charge in [0.15, 0.2) is 0 Å². The molecule has 4 heteroatoms. The van der Waals surface area contributed by atoms with Crippen molar-refractivity contribution in [1.82, 2.24) is 0 Å². The second-order valence-electron chi connectivity index (χ2n) is 4.30. The molecule has 2 atom stereocenters. The van der Waals surface area contributed by atoms with Crippen molar-refractivity contribution < 1.29 is 14.2 Å². The van der Waals surface area contributed by atoms with Crippen LogP contribution in [0.1, 0.15) is 25.5 Å². The van der Waals surface area contributed by atoms with Crippen molar-refractivity contribution >= 4 is 5.69 Å². The van der Waals surface area contributed by atoms with Gasteiger partial charge in [0, 0.05) is 20.2 Å². The van der Waals surface area contributed by atoms with Crippen LogP contribution in [0.5, 0.6) is 0 Å². The van der Waals surface area contributed by atoms with E-state index in [0.717, 1.165) is 0 Å². The number of aliphatic hydroxyl groups excluding tert-OH is 1. The van der Waals surface area contributed by atoms with Crippen molar-refractivity contribution in [3.05, 3.63) is 29.6 Å². The van der Waals surface area contributed by atoms with E-state index in [-0.39, 0.29) is 11.9 Å². The number of benzene rings is 1. The van der Waals surface area contributed by atoms with E-state index >= 15 is 0 Å². The predicted molar refractivity (Wildman–Crippen MR) is 66.8 cm³/mol. The Kier molecular flexibility index (Phi) is 4.90. The molecule has 0 aliphatic rings. The maximum absolute atomic E-state index is 13.9. The maximum Gasteiger partial charge on any atom is 0.146 e. The van der Waals surface area contributed by atoms with Crippen LogP contribution in [0.4, 0.5) is 10.1 Å². The van der Waals surface area contributed by atoms with Gasteiger partial charge in [-0.2, -0.15) is 0 Å². The molecule has 0 heterocycles. The Labute approximate surface area is 102 Å². The van der Waals surface area contributed by atoms with Crippen molar-refractivity contribution in [2.24, 2.45) is 0 Å². The molecule has 0 bridgehead atoms. The molecule has 0 aromatic heterocycles. The summed E-state index contributed by atoms with van der Waals surface area (Å²) in [4.78, 5) is 1.82. The third-order valence-electron chi connectivity index (χ3n) is 2.90. The fourth-order valence-corrected chi connectivity index (χ4v) is 1.66. The molecule has 1 aromatic rings. The van der Waals surface area contributed by atoms with Crippen LogP contribution in [0.3, 0.4) is 0 Å². The predicted octanol–water partition coefficient (Wildman–Crippen LogP) is 2.35. The minimum Gasteiger partial charge on any atom is -0.389 e. The van der Waals surface area contributed by atoms with Crippen molar-refractivity contribution in [2.45, 2.75) is 26.0 Å². The third-order valence-corrected chi connectivity index (χ3v) is 2.90. The fraction of sp³-hybridized carbons (Fsp3) is 0.538.